The fourth-order valence-corrected chi connectivity index (χ4v) is 1.26. The first-order valence-electron chi connectivity index (χ1n) is 5.12. The van der Waals surface area contributed by atoms with E-state index in [9.17, 15) is 4.79 Å². The Balaban J connectivity index is 2.39. The molecule has 0 saturated heterocycles. The Morgan fingerprint density at radius 1 is 1.44 bits per heavy atom. The lowest BCUT2D eigenvalue weighted by molar-refractivity contribution is -0.118. The maximum Gasteiger partial charge on any atom is 0.216 e. The predicted molar refractivity (Wildman–Crippen MR) is 63.2 cm³/mol. The molecule has 16 heavy (non-hydrogen) atoms. The fourth-order valence-electron chi connectivity index (χ4n) is 1.26. The zero-order valence-electron chi connectivity index (χ0n) is 9.32. The largest absolute Gasteiger partial charge is 0.481 e. The summed E-state index contributed by atoms with van der Waals surface area (Å²) >= 11 is 0. The maximum atomic E-state index is 10.7. The lowest BCUT2D eigenvalue weighted by Gasteiger charge is -2.05. The van der Waals surface area contributed by atoms with Gasteiger partial charge in [0.15, 0.2) is 0 Å². The Bertz CT molecular complexity index is 376. The van der Waals surface area contributed by atoms with Crippen molar-refractivity contribution in [2.24, 2.45) is 0 Å². The van der Waals surface area contributed by atoms with Crippen LogP contribution in [0.3, 0.4) is 0 Å². The van der Waals surface area contributed by atoms with E-state index in [0.29, 0.717) is 6.54 Å². The second kappa shape index (κ2) is 6.52. The molecule has 0 fully saturated rings. The molecule has 1 aromatic rings. The molecule has 0 aromatic heterocycles. The summed E-state index contributed by atoms with van der Waals surface area (Å²) in [6, 6.07) is 7.68. The van der Waals surface area contributed by atoms with Gasteiger partial charge in [0.05, 0.1) is 0 Å². The standard InChI is InChI=1S/C13H15NO2/c1-3-10-16-13-6-4-12(5-7-13)8-9-14-11(2)15/h1,4-7H,8-10H2,2H3,(H,14,15). The molecule has 0 saturated carbocycles. The van der Waals surface area contributed by atoms with Crippen molar-refractivity contribution in [2.75, 3.05) is 13.2 Å². The Hall–Kier alpha value is -1.95. The van der Waals surface area contributed by atoms with Gasteiger partial charge >= 0.3 is 0 Å². The third-order valence-corrected chi connectivity index (χ3v) is 2.03. The van der Waals surface area contributed by atoms with Crippen molar-refractivity contribution in [3.63, 3.8) is 0 Å². The van der Waals surface area contributed by atoms with Crippen LogP contribution in [-0.2, 0) is 11.2 Å². The molecule has 0 radical (unpaired) electrons. The number of nitrogens with one attached hydrogen (secondary N) is 1. The molecule has 3 nitrogen and oxygen atoms in total. The van der Waals surface area contributed by atoms with Crippen molar-refractivity contribution in [1.29, 1.82) is 0 Å². The number of carbonyl (C=O) groups is 1. The minimum Gasteiger partial charge on any atom is -0.481 e. The molecule has 0 unspecified atom stereocenters. The van der Waals surface area contributed by atoms with Crippen LogP contribution >= 0.6 is 0 Å². The molecule has 1 aromatic carbocycles. The van der Waals surface area contributed by atoms with E-state index in [2.05, 4.69) is 11.2 Å². The van der Waals surface area contributed by atoms with Crippen LogP contribution in [0.5, 0.6) is 5.75 Å². The van der Waals surface area contributed by atoms with Gasteiger partial charge in [0.1, 0.15) is 12.4 Å². The molecule has 0 aliphatic carbocycles. The molecule has 1 rings (SSSR count). The number of rotatable bonds is 5. The number of amides is 1. The number of benzene rings is 1. The highest BCUT2D eigenvalue weighted by Gasteiger charge is 1.96. The molecule has 0 aliphatic rings. The first kappa shape index (κ1) is 12.1. The third kappa shape index (κ3) is 4.52. The van der Waals surface area contributed by atoms with E-state index < -0.39 is 0 Å². The molecule has 0 atom stereocenters. The summed E-state index contributed by atoms with van der Waals surface area (Å²) in [6.07, 6.45) is 5.90. The van der Waals surface area contributed by atoms with Gasteiger partial charge in [0, 0.05) is 13.5 Å². The summed E-state index contributed by atoms with van der Waals surface area (Å²) in [5.74, 6) is 3.17. The second-order valence-electron chi connectivity index (χ2n) is 3.37. The summed E-state index contributed by atoms with van der Waals surface area (Å²) in [4.78, 5) is 10.7. The molecule has 0 spiro atoms. The first-order valence-corrected chi connectivity index (χ1v) is 5.12. The third-order valence-electron chi connectivity index (χ3n) is 2.03. The van der Waals surface area contributed by atoms with E-state index in [4.69, 9.17) is 11.2 Å². The molecule has 1 amide bonds. The molecular formula is C13H15NO2. The van der Waals surface area contributed by atoms with E-state index in [0.717, 1.165) is 17.7 Å². The topological polar surface area (TPSA) is 38.3 Å². The minimum atomic E-state index is -0.00558. The molecule has 3 heteroatoms. The van der Waals surface area contributed by atoms with Gasteiger partial charge < -0.3 is 10.1 Å². The highest BCUT2D eigenvalue weighted by molar-refractivity contribution is 5.72. The molecule has 84 valence electrons. The van der Waals surface area contributed by atoms with Crippen molar-refractivity contribution in [1.82, 2.24) is 5.32 Å². The lowest BCUT2D eigenvalue weighted by atomic mass is 10.1. The average Bonchev–Trinajstić information content (AvgIpc) is 2.27. The Kier molecular flexibility index (Phi) is 4.94. The van der Waals surface area contributed by atoms with Crippen LogP contribution in [0.15, 0.2) is 24.3 Å². The SMILES string of the molecule is C#CCOc1ccc(CCNC(C)=O)cc1. The van der Waals surface area contributed by atoms with Gasteiger partial charge in [-0.15, -0.1) is 6.42 Å². The van der Waals surface area contributed by atoms with Gasteiger partial charge in [-0.05, 0) is 24.1 Å². The maximum absolute atomic E-state index is 10.7. The van der Waals surface area contributed by atoms with Crippen LogP contribution in [-0.4, -0.2) is 19.1 Å². The Morgan fingerprint density at radius 3 is 2.69 bits per heavy atom. The summed E-state index contributed by atoms with van der Waals surface area (Å²) in [5.41, 5.74) is 1.15. The highest BCUT2D eigenvalue weighted by Crippen LogP contribution is 2.12. The molecule has 0 heterocycles. The number of ether oxygens (including phenoxy) is 1. The van der Waals surface area contributed by atoms with Crippen LogP contribution in [0, 0.1) is 12.3 Å². The summed E-state index contributed by atoms with van der Waals surface area (Å²) in [6.45, 7) is 2.45. The quantitative estimate of drug-likeness (QED) is 0.757. The highest BCUT2D eigenvalue weighted by atomic mass is 16.5. The number of hydrogen-bond donors (Lipinski definition) is 1. The zero-order chi connectivity index (χ0) is 11.8. The van der Waals surface area contributed by atoms with E-state index in [1.807, 2.05) is 24.3 Å². The van der Waals surface area contributed by atoms with E-state index in [1.54, 1.807) is 0 Å². The summed E-state index contributed by atoms with van der Waals surface area (Å²) < 4.78 is 5.25. The van der Waals surface area contributed by atoms with Crippen LogP contribution < -0.4 is 10.1 Å². The number of terminal acetylenes is 1. The van der Waals surface area contributed by atoms with Gasteiger partial charge in [0.2, 0.25) is 5.91 Å². The lowest BCUT2D eigenvalue weighted by Crippen LogP contribution is -2.22. The minimum absolute atomic E-state index is 0.00558. The summed E-state index contributed by atoms with van der Waals surface area (Å²) in [5, 5.41) is 2.75. The number of carbonyl (C=O) groups excluding carboxylic acids is 1. The van der Waals surface area contributed by atoms with E-state index in [-0.39, 0.29) is 12.5 Å². The smallest absolute Gasteiger partial charge is 0.216 e. The van der Waals surface area contributed by atoms with Crippen molar-refractivity contribution in [3.8, 4) is 18.1 Å². The molecule has 1 N–H and O–H groups in total. The van der Waals surface area contributed by atoms with Crippen molar-refractivity contribution >= 4 is 5.91 Å². The van der Waals surface area contributed by atoms with E-state index in [1.165, 1.54) is 6.92 Å². The van der Waals surface area contributed by atoms with Crippen LogP contribution in [0.4, 0.5) is 0 Å². The Labute approximate surface area is 95.8 Å². The zero-order valence-corrected chi connectivity index (χ0v) is 9.32. The van der Waals surface area contributed by atoms with Crippen molar-refractivity contribution in [2.45, 2.75) is 13.3 Å². The average molecular weight is 217 g/mol. The Morgan fingerprint density at radius 2 is 2.12 bits per heavy atom. The van der Waals surface area contributed by atoms with Crippen LogP contribution in [0.25, 0.3) is 0 Å². The fraction of sp³-hybridized carbons (Fsp3) is 0.308. The number of hydrogen-bond acceptors (Lipinski definition) is 2. The van der Waals surface area contributed by atoms with E-state index >= 15 is 0 Å². The van der Waals surface area contributed by atoms with Crippen molar-refractivity contribution < 1.29 is 9.53 Å². The van der Waals surface area contributed by atoms with Crippen LogP contribution in [0.2, 0.25) is 0 Å². The second-order valence-corrected chi connectivity index (χ2v) is 3.37. The van der Waals surface area contributed by atoms with Gasteiger partial charge in [0.25, 0.3) is 0 Å². The monoisotopic (exact) mass is 217 g/mol. The predicted octanol–water partition coefficient (Wildman–Crippen LogP) is 1.38. The molecule has 0 bridgehead atoms. The first-order chi connectivity index (χ1) is 7.72. The van der Waals surface area contributed by atoms with Gasteiger partial charge in [-0.1, -0.05) is 18.1 Å². The molecular weight excluding hydrogens is 202 g/mol. The van der Waals surface area contributed by atoms with Gasteiger partial charge in [-0.25, -0.2) is 0 Å². The normalized spacial score (nSPS) is 9.25. The van der Waals surface area contributed by atoms with Crippen LogP contribution in [0.1, 0.15) is 12.5 Å². The molecule has 0 aliphatic heterocycles. The summed E-state index contributed by atoms with van der Waals surface area (Å²) in [7, 11) is 0. The van der Waals surface area contributed by atoms with Gasteiger partial charge in [-0.2, -0.15) is 0 Å². The van der Waals surface area contributed by atoms with Gasteiger partial charge in [-0.3, -0.25) is 4.79 Å². The van der Waals surface area contributed by atoms with Crippen molar-refractivity contribution in [3.05, 3.63) is 29.8 Å².